The zero-order valence-corrected chi connectivity index (χ0v) is 6.29. The van der Waals surface area contributed by atoms with E-state index in [1.54, 1.807) is 0 Å². The van der Waals surface area contributed by atoms with Gasteiger partial charge in [-0.3, -0.25) is 0 Å². The Morgan fingerprint density at radius 1 is 1.50 bits per heavy atom. The second-order valence-corrected chi connectivity index (χ2v) is 3.60. The molecule has 0 aromatic carbocycles. The van der Waals surface area contributed by atoms with Gasteiger partial charge in [-0.05, 0) is 25.2 Å². The molecule has 2 fully saturated rings. The number of hydrogen-bond acceptors (Lipinski definition) is 2. The molecule has 2 rings (SSSR count). The lowest BCUT2D eigenvalue weighted by molar-refractivity contribution is -0.123. The van der Waals surface area contributed by atoms with Crippen LogP contribution in [0.4, 0.5) is 0 Å². The second kappa shape index (κ2) is 2.21. The van der Waals surface area contributed by atoms with Gasteiger partial charge in [0.15, 0.2) is 6.29 Å². The maximum absolute atomic E-state index is 9.35. The second-order valence-electron chi connectivity index (χ2n) is 3.60. The first kappa shape index (κ1) is 6.62. The fraction of sp³-hybridized carbons (Fsp3) is 1.00. The summed E-state index contributed by atoms with van der Waals surface area (Å²) in [7, 11) is 0. The lowest BCUT2D eigenvalue weighted by atomic mass is 10.3. The topological polar surface area (TPSA) is 29.5 Å². The van der Waals surface area contributed by atoms with Gasteiger partial charge in [0, 0.05) is 5.92 Å². The van der Waals surface area contributed by atoms with E-state index >= 15 is 0 Å². The predicted octanol–water partition coefficient (Wildman–Crippen LogP) is 1.14. The van der Waals surface area contributed by atoms with Gasteiger partial charge >= 0.3 is 0 Å². The molecule has 10 heavy (non-hydrogen) atoms. The van der Waals surface area contributed by atoms with E-state index in [0.717, 1.165) is 19.3 Å². The van der Waals surface area contributed by atoms with Crippen LogP contribution in [0.5, 0.6) is 0 Å². The van der Waals surface area contributed by atoms with Crippen LogP contribution >= 0.6 is 0 Å². The molecule has 0 aliphatic heterocycles. The third kappa shape index (κ3) is 1.32. The van der Waals surface area contributed by atoms with Crippen molar-refractivity contribution in [2.45, 2.75) is 38.6 Å². The van der Waals surface area contributed by atoms with E-state index in [9.17, 15) is 5.11 Å². The smallest absolute Gasteiger partial charge is 0.157 e. The van der Waals surface area contributed by atoms with Crippen LogP contribution in [0.15, 0.2) is 0 Å². The highest BCUT2D eigenvalue weighted by Gasteiger charge is 2.41. The van der Waals surface area contributed by atoms with E-state index in [1.165, 1.54) is 0 Å². The summed E-state index contributed by atoms with van der Waals surface area (Å²) in [6, 6.07) is 0. The maximum atomic E-state index is 9.35. The molecule has 2 heteroatoms. The molecule has 0 spiro atoms. The van der Waals surface area contributed by atoms with Crippen molar-refractivity contribution in [2.24, 2.45) is 11.8 Å². The Morgan fingerprint density at radius 2 is 2.10 bits per heavy atom. The van der Waals surface area contributed by atoms with Crippen molar-refractivity contribution in [3.8, 4) is 0 Å². The molecule has 58 valence electrons. The minimum absolute atomic E-state index is 0.391. The molecule has 0 aromatic heterocycles. The first-order chi connectivity index (χ1) is 4.77. The Hall–Kier alpha value is -0.0800. The van der Waals surface area contributed by atoms with Gasteiger partial charge in [0.1, 0.15) is 0 Å². The van der Waals surface area contributed by atoms with Crippen molar-refractivity contribution < 1.29 is 9.84 Å². The van der Waals surface area contributed by atoms with Crippen LogP contribution < -0.4 is 0 Å². The van der Waals surface area contributed by atoms with Gasteiger partial charge in [0.05, 0.1) is 6.10 Å². The predicted molar refractivity (Wildman–Crippen MR) is 37.4 cm³/mol. The quantitative estimate of drug-likeness (QED) is 0.599. The van der Waals surface area contributed by atoms with Gasteiger partial charge in [-0.2, -0.15) is 0 Å². The Morgan fingerprint density at radius 3 is 2.50 bits per heavy atom. The number of ether oxygens (including phenoxy) is 1. The molecule has 0 saturated heterocycles. The molecule has 2 aliphatic carbocycles. The van der Waals surface area contributed by atoms with Crippen LogP contribution in [-0.2, 0) is 4.74 Å². The summed E-state index contributed by atoms with van der Waals surface area (Å²) in [5.41, 5.74) is 0. The first-order valence-electron chi connectivity index (χ1n) is 4.11. The van der Waals surface area contributed by atoms with Crippen LogP contribution in [-0.4, -0.2) is 17.5 Å². The number of hydrogen-bond donors (Lipinski definition) is 1. The standard InChI is InChI=1S/C8H14O2/c1-5-4-7(5)8(9)10-6-2-3-6/h5-9H,2-4H2,1H3. The summed E-state index contributed by atoms with van der Waals surface area (Å²) >= 11 is 0. The summed E-state index contributed by atoms with van der Waals surface area (Å²) in [4.78, 5) is 0. The lowest BCUT2D eigenvalue weighted by Gasteiger charge is -2.09. The Labute approximate surface area is 61.2 Å². The highest BCUT2D eigenvalue weighted by Crippen LogP contribution is 2.42. The van der Waals surface area contributed by atoms with Crippen molar-refractivity contribution in [1.29, 1.82) is 0 Å². The van der Waals surface area contributed by atoms with Crippen LogP contribution in [0.1, 0.15) is 26.2 Å². The zero-order valence-electron chi connectivity index (χ0n) is 6.29. The van der Waals surface area contributed by atoms with E-state index in [0.29, 0.717) is 17.9 Å². The average molecular weight is 142 g/mol. The third-order valence-corrected chi connectivity index (χ3v) is 2.39. The fourth-order valence-corrected chi connectivity index (χ4v) is 1.25. The van der Waals surface area contributed by atoms with Crippen molar-refractivity contribution >= 4 is 0 Å². The summed E-state index contributed by atoms with van der Waals surface area (Å²) in [6.45, 7) is 2.16. The van der Waals surface area contributed by atoms with E-state index in [2.05, 4.69) is 6.92 Å². The normalized spacial score (nSPS) is 41.4. The van der Waals surface area contributed by atoms with E-state index in [1.807, 2.05) is 0 Å². The average Bonchev–Trinajstić information content (AvgIpc) is 2.66. The molecular weight excluding hydrogens is 128 g/mol. The zero-order chi connectivity index (χ0) is 7.14. The third-order valence-electron chi connectivity index (χ3n) is 2.39. The van der Waals surface area contributed by atoms with Crippen LogP contribution in [0.2, 0.25) is 0 Å². The van der Waals surface area contributed by atoms with Crippen molar-refractivity contribution in [2.75, 3.05) is 0 Å². The van der Waals surface area contributed by atoms with E-state index in [4.69, 9.17) is 4.74 Å². The largest absolute Gasteiger partial charge is 0.368 e. The Bertz CT molecular complexity index is 131. The molecule has 0 amide bonds. The van der Waals surface area contributed by atoms with Crippen LogP contribution in [0.25, 0.3) is 0 Å². The molecule has 0 bridgehead atoms. The number of aliphatic hydroxyl groups is 1. The van der Waals surface area contributed by atoms with Crippen LogP contribution in [0.3, 0.4) is 0 Å². The van der Waals surface area contributed by atoms with Gasteiger partial charge in [0.25, 0.3) is 0 Å². The summed E-state index contributed by atoms with van der Waals surface area (Å²) in [5, 5.41) is 9.35. The summed E-state index contributed by atoms with van der Waals surface area (Å²) in [5.74, 6) is 1.13. The minimum Gasteiger partial charge on any atom is -0.368 e. The van der Waals surface area contributed by atoms with Crippen molar-refractivity contribution in [3.63, 3.8) is 0 Å². The summed E-state index contributed by atoms with van der Waals surface area (Å²) in [6.07, 6.45) is 3.38. The molecule has 3 atom stereocenters. The molecule has 2 saturated carbocycles. The van der Waals surface area contributed by atoms with Gasteiger partial charge in [-0.25, -0.2) is 0 Å². The molecule has 2 aliphatic rings. The maximum Gasteiger partial charge on any atom is 0.157 e. The van der Waals surface area contributed by atoms with Crippen LogP contribution in [0, 0.1) is 11.8 Å². The Kier molecular flexibility index (Phi) is 1.46. The minimum atomic E-state index is -0.456. The summed E-state index contributed by atoms with van der Waals surface area (Å²) < 4.78 is 5.31. The lowest BCUT2D eigenvalue weighted by Crippen LogP contribution is -2.16. The highest BCUT2D eigenvalue weighted by atomic mass is 16.6. The molecule has 0 radical (unpaired) electrons. The molecule has 0 heterocycles. The van der Waals surface area contributed by atoms with Crippen molar-refractivity contribution in [1.82, 2.24) is 0 Å². The fourth-order valence-electron chi connectivity index (χ4n) is 1.25. The van der Waals surface area contributed by atoms with Gasteiger partial charge in [0.2, 0.25) is 0 Å². The monoisotopic (exact) mass is 142 g/mol. The molecule has 3 unspecified atom stereocenters. The Balaban J connectivity index is 1.71. The van der Waals surface area contributed by atoms with Gasteiger partial charge < -0.3 is 9.84 Å². The molecule has 0 aromatic rings. The first-order valence-corrected chi connectivity index (χ1v) is 4.11. The molecule has 1 N–H and O–H groups in total. The molecular formula is C8H14O2. The number of aliphatic hydroxyl groups excluding tert-OH is 1. The number of rotatable bonds is 3. The van der Waals surface area contributed by atoms with Gasteiger partial charge in [-0.15, -0.1) is 0 Å². The van der Waals surface area contributed by atoms with Crippen molar-refractivity contribution in [3.05, 3.63) is 0 Å². The molecule has 2 nitrogen and oxygen atoms in total. The van der Waals surface area contributed by atoms with Gasteiger partial charge in [-0.1, -0.05) is 6.92 Å². The van der Waals surface area contributed by atoms with E-state index < -0.39 is 6.29 Å². The highest BCUT2D eigenvalue weighted by molar-refractivity contribution is 4.86. The van der Waals surface area contributed by atoms with E-state index in [-0.39, 0.29) is 0 Å². The SMILES string of the molecule is CC1CC1C(O)OC1CC1.